The van der Waals surface area contributed by atoms with Gasteiger partial charge < -0.3 is 4.74 Å². The van der Waals surface area contributed by atoms with Crippen LogP contribution < -0.4 is 10.2 Å². The third-order valence-corrected chi connectivity index (χ3v) is 4.63. The van der Waals surface area contributed by atoms with E-state index < -0.39 is 5.91 Å². The number of nitrogens with one attached hydrogen (secondary N) is 1. The Hall–Kier alpha value is -1.02. The zero-order chi connectivity index (χ0) is 16.8. The van der Waals surface area contributed by atoms with Gasteiger partial charge >= 0.3 is 0 Å². The van der Waals surface area contributed by atoms with Gasteiger partial charge in [-0.2, -0.15) is 5.10 Å². The first-order valence-electron chi connectivity index (χ1n) is 6.31. The van der Waals surface area contributed by atoms with Crippen LogP contribution in [-0.2, 0) is 4.79 Å². The van der Waals surface area contributed by atoms with E-state index in [-0.39, 0.29) is 17.4 Å². The van der Waals surface area contributed by atoms with Crippen molar-refractivity contribution in [2.75, 3.05) is 6.61 Å². The summed E-state index contributed by atoms with van der Waals surface area (Å²) in [5.74, 6) is -0.146. The summed E-state index contributed by atoms with van der Waals surface area (Å²) in [4.78, 5) is 11.7. The number of carbonyl (C=O) groups is 1. The molecule has 1 N–H and O–H groups in total. The Morgan fingerprint density at radius 3 is 2.61 bits per heavy atom. The van der Waals surface area contributed by atoms with E-state index in [2.05, 4.69) is 33.1 Å². The second-order valence-electron chi connectivity index (χ2n) is 4.30. The number of carbonyl (C=O) groups excluding carboxylic acids is 1. The number of rotatable bonds is 5. The second kappa shape index (κ2) is 8.73. The second-order valence-corrected chi connectivity index (χ2v) is 6.68. The highest BCUT2D eigenvalue weighted by atomic mass is 127. The molecule has 120 valence electrons. The van der Waals surface area contributed by atoms with Crippen LogP contribution in [0.1, 0.15) is 5.56 Å². The number of hydrazone groups is 1. The first-order valence-corrected chi connectivity index (χ1v) is 8.52. The summed E-state index contributed by atoms with van der Waals surface area (Å²) in [6.45, 7) is -0.249. The largest absolute Gasteiger partial charge is 0.482 e. The Kier molecular flexibility index (Phi) is 6.95. The molecule has 0 unspecified atom stereocenters. The lowest BCUT2D eigenvalue weighted by atomic mass is 10.2. The molecule has 0 aliphatic rings. The van der Waals surface area contributed by atoms with Crippen LogP contribution in [0.5, 0.6) is 5.75 Å². The van der Waals surface area contributed by atoms with Crippen molar-refractivity contribution in [3.05, 3.63) is 60.6 Å². The molecule has 0 aliphatic heterocycles. The van der Waals surface area contributed by atoms with Crippen LogP contribution in [0, 0.1) is 3.57 Å². The van der Waals surface area contributed by atoms with E-state index in [1.54, 1.807) is 6.21 Å². The van der Waals surface area contributed by atoms with E-state index in [0.717, 1.165) is 9.13 Å². The molecule has 2 aromatic rings. The Bertz CT molecular complexity index is 753. The molecule has 0 bridgehead atoms. The third kappa shape index (κ3) is 5.53. The minimum atomic E-state index is -0.422. The Morgan fingerprint density at radius 1 is 1.17 bits per heavy atom. The predicted molar refractivity (Wildman–Crippen MR) is 102 cm³/mol. The summed E-state index contributed by atoms with van der Waals surface area (Å²) in [6, 6.07) is 10.6. The van der Waals surface area contributed by atoms with Gasteiger partial charge in [0.1, 0.15) is 5.75 Å². The number of ether oxygens (including phenoxy) is 1. The van der Waals surface area contributed by atoms with Gasteiger partial charge in [0.25, 0.3) is 5.91 Å². The minimum absolute atomic E-state index is 0.249. The summed E-state index contributed by atoms with van der Waals surface area (Å²) < 4.78 is 6.33. The minimum Gasteiger partial charge on any atom is -0.482 e. The van der Waals surface area contributed by atoms with Crippen LogP contribution in [0.15, 0.2) is 41.5 Å². The van der Waals surface area contributed by atoms with Crippen molar-refractivity contribution < 1.29 is 9.53 Å². The monoisotopic (exact) mass is 482 g/mol. The van der Waals surface area contributed by atoms with E-state index in [4.69, 9.17) is 39.5 Å². The number of nitrogens with zero attached hydrogens (tertiary/aromatic N) is 1. The summed E-state index contributed by atoms with van der Waals surface area (Å²) in [5, 5.41) is 4.76. The van der Waals surface area contributed by atoms with Crippen LogP contribution in [-0.4, -0.2) is 18.7 Å². The third-order valence-electron chi connectivity index (χ3n) is 2.63. The average Bonchev–Trinajstić information content (AvgIpc) is 2.51. The van der Waals surface area contributed by atoms with Gasteiger partial charge in [-0.15, -0.1) is 0 Å². The average molecular weight is 484 g/mol. The highest BCUT2D eigenvalue weighted by molar-refractivity contribution is 14.1. The molecule has 8 heteroatoms. The van der Waals surface area contributed by atoms with Crippen molar-refractivity contribution in [2.24, 2.45) is 5.10 Å². The molecule has 0 saturated heterocycles. The van der Waals surface area contributed by atoms with Crippen molar-refractivity contribution in [2.45, 2.75) is 0 Å². The summed E-state index contributed by atoms with van der Waals surface area (Å²) in [7, 11) is 0. The van der Waals surface area contributed by atoms with Crippen LogP contribution >= 0.6 is 57.4 Å². The number of benzene rings is 2. The number of amides is 1. The fourth-order valence-electron chi connectivity index (χ4n) is 1.54. The van der Waals surface area contributed by atoms with E-state index in [1.165, 1.54) is 12.1 Å². The van der Waals surface area contributed by atoms with Crippen molar-refractivity contribution in [1.82, 2.24) is 5.43 Å². The molecular weight excluding hydrogens is 473 g/mol. The number of hydrogen-bond acceptors (Lipinski definition) is 3. The Morgan fingerprint density at radius 2 is 1.87 bits per heavy atom. The van der Waals surface area contributed by atoms with Gasteiger partial charge in [0.15, 0.2) is 6.61 Å². The molecular formula is C15H10Cl3IN2O2. The quantitative estimate of drug-likeness (QED) is 0.288. The van der Waals surface area contributed by atoms with Gasteiger partial charge in [0.2, 0.25) is 0 Å². The zero-order valence-corrected chi connectivity index (χ0v) is 15.9. The van der Waals surface area contributed by atoms with Crippen LogP contribution in [0.2, 0.25) is 15.1 Å². The summed E-state index contributed by atoms with van der Waals surface area (Å²) in [6.07, 6.45) is 1.56. The molecule has 23 heavy (non-hydrogen) atoms. The molecule has 0 aromatic heterocycles. The number of hydrogen-bond donors (Lipinski definition) is 1. The lowest BCUT2D eigenvalue weighted by molar-refractivity contribution is -0.123. The lowest BCUT2D eigenvalue weighted by Gasteiger charge is -2.08. The van der Waals surface area contributed by atoms with Crippen molar-refractivity contribution in [3.63, 3.8) is 0 Å². The Labute approximate surface area is 161 Å². The molecule has 0 heterocycles. The molecule has 0 fully saturated rings. The van der Waals surface area contributed by atoms with Gasteiger partial charge in [-0.1, -0.05) is 53.0 Å². The smallest absolute Gasteiger partial charge is 0.277 e. The van der Waals surface area contributed by atoms with E-state index in [9.17, 15) is 4.79 Å². The predicted octanol–water partition coefficient (Wildman–Crippen LogP) is 4.78. The standard InChI is InChI=1S/C15H10Cl3IN2O2/c16-10-5-12(18)14(6-11(10)17)23-8-15(22)21-20-7-9-3-1-2-4-13(9)19/h1-7H,8H2,(H,21,22)/b20-7+. The topological polar surface area (TPSA) is 50.7 Å². The maximum atomic E-state index is 11.7. The maximum absolute atomic E-state index is 11.7. The van der Waals surface area contributed by atoms with Crippen LogP contribution in [0.3, 0.4) is 0 Å². The van der Waals surface area contributed by atoms with Gasteiger partial charge in [-0.3, -0.25) is 4.79 Å². The van der Waals surface area contributed by atoms with E-state index >= 15 is 0 Å². The van der Waals surface area contributed by atoms with Crippen LogP contribution in [0.4, 0.5) is 0 Å². The van der Waals surface area contributed by atoms with E-state index in [1.807, 2.05) is 24.3 Å². The molecule has 0 atom stereocenters. The first-order chi connectivity index (χ1) is 11.0. The fraction of sp³-hybridized carbons (Fsp3) is 0.0667. The Balaban J connectivity index is 1.89. The molecule has 0 radical (unpaired) electrons. The number of halogens is 4. The van der Waals surface area contributed by atoms with Crippen molar-refractivity contribution in [1.29, 1.82) is 0 Å². The molecule has 0 spiro atoms. The fourth-order valence-corrected chi connectivity index (χ4v) is 2.66. The first kappa shape index (κ1) is 18.3. The summed E-state index contributed by atoms with van der Waals surface area (Å²) in [5.41, 5.74) is 3.28. The zero-order valence-electron chi connectivity index (χ0n) is 11.5. The van der Waals surface area contributed by atoms with Crippen LogP contribution in [0.25, 0.3) is 0 Å². The lowest BCUT2D eigenvalue weighted by Crippen LogP contribution is -2.24. The molecule has 0 aliphatic carbocycles. The highest BCUT2D eigenvalue weighted by Gasteiger charge is 2.09. The summed E-state index contributed by atoms with van der Waals surface area (Å²) >= 11 is 19.8. The van der Waals surface area contributed by atoms with Gasteiger partial charge in [0, 0.05) is 15.2 Å². The van der Waals surface area contributed by atoms with Gasteiger partial charge in [0.05, 0.1) is 21.3 Å². The molecule has 2 aromatic carbocycles. The van der Waals surface area contributed by atoms with Crippen molar-refractivity contribution >= 4 is 69.5 Å². The van der Waals surface area contributed by atoms with Crippen molar-refractivity contribution in [3.8, 4) is 5.75 Å². The molecule has 0 saturated carbocycles. The highest BCUT2D eigenvalue weighted by Crippen LogP contribution is 2.33. The molecule has 1 amide bonds. The molecule has 4 nitrogen and oxygen atoms in total. The SMILES string of the molecule is O=C(COc1cc(Cl)c(Cl)cc1Cl)N/N=C/c1ccccc1I. The van der Waals surface area contributed by atoms with Gasteiger partial charge in [-0.05, 0) is 34.7 Å². The van der Waals surface area contributed by atoms with E-state index in [0.29, 0.717) is 10.0 Å². The molecule has 2 rings (SSSR count). The maximum Gasteiger partial charge on any atom is 0.277 e. The normalized spacial score (nSPS) is 10.8. The van der Waals surface area contributed by atoms with Gasteiger partial charge in [-0.25, -0.2) is 5.43 Å².